The summed E-state index contributed by atoms with van der Waals surface area (Å²) in [5.41, 5.74) is 9.42. The van der Waals surface area contributed by atoms with Crippen LogP contribution in [0.1, 0.15) is 55.6 Å². The maximum atomic E-state index is 6.04. The fourth-order valence-electron chi connectivity index (χ4n) is 3.20. The summed E-state index contributed by atoms with van der Waals surface area (Å²) < 4.78 is 0. The Bertz CT molecular complexity index is 373. The summed E-state index contributed by atoms with van der Waals surface area (Å²) in [6, 6.07) is 9.26. The van der Waals surface area contributed by atoms with Gasteiger partial charge in [-0.05, 0) is 42.7 Å². The lowest BCUT2D eigenvalue weighted by atomic mass is 9.78. The third-order valence-corrected chi connectivity index (χ3v) is 4.50. The molecular formula is C15H21N. The van der Waals surface area contributed by atoms with Crippen LogP contribution in [-0.2, 0) is 5.41 Å². The van der Waals surface area contributed by atoms with Crippen molar-refractivity contribution in [1.29, 1.82) is 0 Å². The van der Waals surface area contributed by atoms with Gasteiger partial charge in [0.1, 0.15) is 0 Å². The zero-order valence-electron chi connectivity index (χ0n) is 9.91. The molecule has 1 aromatic rings. The molecule has 2 aliphatic rings. The fraction of sp³-hybridized carbons (Fsp3) is 0.600. The average molecular weight is 215 g/mol. The summed E-state index contributed by atoms with van der Waals surface area (Å²) >= 11 is 0. The lowest BCUT2D eigenvalue weighted by Gasteiger charge is -2.28. The third-order valence-electron chi connectivity index (χ3n) is 4.50. The van der Waals surface area contributed by atoms with Gasteiger partial charge in [0.2, 0.25) is 0 Å². The Morgan fingerprint density at radius 3 is 2.56 bits per heavy atom. The van der Waals surface area contributed by atoms with Crippen molar-refractivity contribution >= 4 is 0 Å². The molecule has 16 heavy (non-hydrogen) atoms. The topological polar surface area (TPSA) is 26.0 Å². The summed E-state index contributed by atoms with van der Waals surface area (Å²) in [6.07, 6.45) is 8.06. The van der Waals surface area contributed by atoms with E-state index in [4.69, 9.17) is 5.73 Å². The lowest BCUT2D eigenvalue weighted by Crippen LogP contribution is -2.32. The van der Waals surface area contributed by atoms with E-state index in [9.17, 15) is 0 Å². The molecule has 1 heteroatoms. The summed E-state index contributed by atoms with van der Waals surface area (Å²) in [6.45, 7) is 0.821. The second-order valence-corrected chi connectivity index (χ2v) is 5.59. The van der Waals surface area contributed by atoms with Crippen molar-refractivity contribution in [1.82, 2.24) is 0 Å². The van der Waals surface area contributed by atoms with E-state index in [1.807, 2.05) is 0 Å². The lowest BCUT2D eigenvalue weighted by molar-refractivity contribution is 0.452. The Morgan fingerprint density at radius 2 is 1.94 bits per heavy atom. The van der Waals surface area contributed by atoms with Crippen LogP contribution in [0.3, 0.4) is 0 Å². The van der Waals surface area contributed by atoms with E-state index >= 15 is 0 Å². The highest BCUT2D eigenvalue weighted by Gasteiger charge is 2.35. The predicted octanol–water partition coefficient (Wildman–Crippen LogP) is 3.33. The van der Waals surface area contributed by atoms with Crippen molar-refractivity contribution in [2.45, 2.75) is 49.9 Å². The first-order chi connectivity index (χ1) is 7.84. The average Bonchev–Trinajstić information content (AvgIpc) is 3.08. The predicted molar refractivity (Wildman–Crippen MR) is 67.6 cm³/mol. The Balaban J connectivity index is 1.94. The second-order valence-electron chi connectivity index (χ2n) is 5.59. The zero-order chi connectivity index (χ0) is 11.0. The smallest absolute Gasteiger partial charge is 0.00756 e. The Labute approximate surface area is 98.0 Å². The maximum absolute atomic E-state index is 6.04. The van der Waals surface area contributed by atoms with Crippen LogP contribution in [0.5, 0.6) is 0 Å². The highest BCUT2D eigenvalue weighted by molar-refractivity contribution is 5.35. The molecule has 2 N–H and O–H groups in total. The molecule has 2 saturated carbocycles. The molecular weight excluding hydrogens is 194 g/mol. The molecule has 0 bridgehead atoms. The van der Waals surface area contributed by atoms with Gasteiger partial charge >= 0.3 is 0 Å². The van der Waals surface area contributed by atoms with E-state index < -0.39 is 0 Å². The number of nitrogens with two attached hydrogens (primary N) is 1. The van der Waals surface area contributed by atoms with Crippen LogP contribution in [0, 0.1) is 0 Å². The van der Waals surface area contributed by atoms with E-state index in [1.165, 1.54) is 44.1 Å². The third kappa shape index (κ3) is 1.67. The molecule has 0 unspecified atom stereocenters. The van der Waals surface area contributed by atoms with Gasteiger partial charge in [-0.2, -0.15) is 0 Å². The molecule has 1 aromatic carbocycles. The molecule has 0 saturated heterocycles. The first-order valence-corrected chi connectivity index (χ1v) is 6.65. The van der Waals surface area contributed by atoms with Crippen molar-refractivity contribution in [2.75, 3.05) is 6.54 Å². The van der Waals surface area contributed by atoms with Crippen molar-refractivity contribution in [3.05, 3.63) is 35.4 Å². The van der Waals surface area contributed by atoms with Crippen molar-refractivity contribution in [3.8, 4) is 0 Å². The molecule has 2 fully saturated rings. The van der Waals surface area contributed by atoms with Gasteiger partial charge in [-0.3, -0.25) is 0 Å². The van der Waals surface area contributed by atoms with Gasteiger partial charge in [0.05, 0.1) is 0 Å². The van der Waals surface area contributed by atoms with E-state index in [1.54, 1.807) is 5.56 Å². The van der Waals surface area contributed by atoms with Crippen LogP contribution in [0.4, 0.5) is 0 Å². The number of hydrogen-bond donors (Lipinski definition) is 1. The molecule has 0 amide bonds. The fourth-order valence-corrected chi connectivity index (χ4v) is 3.20. The molecule has 0 spiro atoms. The highest BCUT2D eigenvalue weighted by Crippen LogP contribution is 2.44. The molecule has 0 aliphatic heterocycles. The summed E-state index contributed by atoms with van der Waals surface area (Å²) in [7, 11) is 0. The molecule has 0 heterocycles. The molecule has 2 aliphatic carbocycles. The molecule has 1 nitrogen and oxygen atoms in total. The van der Waals surface area contributed by atoms with Gasteiger partial charge in [-0.25, -0.2) is 0 Å². The van der Waals surface area contributed by atoms with E-state index in [0.29, 0.717) is 5.41 Å². The summed E-state index contributed by atoms with van der Waals surface area (Å²) in [5, 5.41) is 0. The van der Waals surface area contributed by atoms with Gasteiger partial charge in [-0.1, -0.05) is 37.1 Å². The second kappa shape index (κ2) is 3.89. The van der Waals surface area contributed by atoms with Crippen LogP contribution in [0.2, 0.25) is 0 Å². The minimum atomic E-state index is 0.310. The molecule has 3 rings (SSSR count). The number of hydrogen-bond acceptors (Lipinski definition) is 1. The minimum absolute atomic E-state index is 0.310. The van der Waals surface area contributed by atoms with Crippen molar-refractivity contribution in [3.63, 3.8) is 0 Å². The Kier molecular flexibility index (Phi) is 2.51. The van der Waals surface area contributed by atoms with Crippen molar-refractivity contribution in [2.24, 2.45) is 5.73 Å². The van der Waals surface area contributed by atoms with E-state index in [-0.39, 0.29) is 0 Å². The van der Waals surface area contributed by atoms with Crippen LogP contribution in [0.25, 0.3) is 0 Å². The molecule has 0 radical (unpaired) electrons. The monoisotopic (exact) mass is 215 g/mol. The van der Waals surface area contributed by atoms with Gasteiger partial charge < -0.3 is 5.73 Å². The van der Waals surface area contributed by atoms with Gasteiger partial charge in [0.25, 0.3) is 0 Å². The van der Waals surface area contributed by atoms with Crippen LogP contribution >= 0.6 is 0 Å². The molecule has 86 valence electrons. The minimum Gasteiger partial charge on any atom is -0.330 e. The molecule has 0 atom stereocenters. The van der Waals surface area contributed by atoms with Crippen LogP contribution in [-0.4, -0.2) is 6.54 Å². The number of benzene rings is 1. The van der Waals surface area contributed by atoms with E-state index in [0.717, 1.165) is 12.5 Å². The van der Waals surface area contributed by atoms with Crippen LogP contribution in [0.15, 0.2) is 24.3 Å². The standard InChI is InChI=1S/C15H21N/c16-11-15(8-1-2-9-15)14-5-3-4-13(10-14)12-6-7-12/h3-5,10,12H,1-2,6-9,11,16H2. The molecule has 0 aromatic heterocycles. The Hall–Kier alpha value is -0.820. The summed E-state index contributed by atoms with van der Waals surface area (Å²) in [5.74, 6) is 0.858. The SMILES string of the molecule is NCC1(c2cccc(C3CC3)c2)CCCC1. The van der Waals surface area contributed by atoms with Crippen LogP contribution < -0.4 is 5.73 Å². The largest absolute Gasteiger partial charge is 0.330 e. The highest BCUT2D eigenvalue weighted by atomic mass is 14.6. The van der Waals surface area contributed by atoms with E-state index in [2.05, 4.69) is 24.3 Å². The van der Waals surface area contributed by atoms with Gasteiger partial charge in [0, 0.05) is 12.0 Å². The first-order valence-electron chi connectivity index (χ1n) is 6.65. The quantitative estimate of drug-likeness (QED) is 0.822. The number of rotatable bonds is 3. The zero-order valence-corrected chi connectivity index (χ0v) is 9.91. The first kappa shape index (κ1) is 10.3. The maximum Gasteiger partial charge on any atom is 0.00756 e. The van der Waals surface area contributed by atoms with Crippen molar-refractivity contribution < 1.29 is 0 Å². The van der Waals surface area contributed by atoms with Gasteiger partial charge in [0.15, 0.2) is 0 Å². The Morgan fingerprint density at radius 1 is 1.19 bits per heavy atom. The normalized spacial score (nSPS) is 23.6. The summed E-state index contributed by atoms with van der Waals surface area (Å²) in [4.78, 5) is 0. The van der Waals surface area contributed by atoms with Gasteiger partial charge in [-0.15, -0.1) is 0 Å².